The van der Waals surface area contributed by atoms with Gasteiger partial charge in [0.15, 0.2) is 0 Å². The summed E-state index contributed by atoms with van der Waals surface area (Å²) in [5, 5.41) is 17.9. The molecule has 7 heavy (non-hydrogen) atoms. The van der Waals surface area contributed by atoms with E-state index in [1.54, 1.807) is 13.8 Å². The van der Waals surface area contributed by atoms with Gasteiger partial charge in [0.25, 0.3) is 0 Å². The number of hydrogen-bond donors (Lipinski definition) is 0. The van der Waals surface area contributed by atoms with Gasteiger partial charge >= 0.3 is 17.1 Å². The maximum Gasteiger partial charge on any atom is 2.00 e. The van der Waals surface area contributed by atoms with Gasteiger partial charge < -0.3 is 10.2 Å². The smallest absolute Gasteiger partial charge is 0.855 e. The molecule has 0 aliphatic carbocycles. The first-order valence-corrected chi connectivity index (χ1v) is 1.99. The molecule has 0 aromatic heterocycles. The minimum atomic E-state index is 0. The maximum absolute atomic E-state index is 8.93. The molecular formula is C4H10FeO2. The molecule has 0 rings (SSSR count). The average molecular weight is 146 g/mol. The summed E-state index contributed by atoms with van der Waals surface area (Å²) in [4.78, 5) is 0. The minimum Gasteiger partial charge on any atom is -0.855 e. The molecule has 0 bridgehead atoms. The summed E-state index contributed by atoms with van der Waals surface area (Å²) in [7, 11) is 0. The Bertz CT molecular complexity index is 11.7. The Kier molecular flexibility index (Phi) is 71.6. The van der Waals surface area contributed by atoms with Crippen LogP contribution < -0.4 is 10.2 Å². The van der Waals surface area contributed by atoms with Gasteiger partial charge in [0.2, 0.25) is 0 Å². The molecule has 3 heteroatoms. The fraction of sp³-hybridized carbons (Fsp3) is 1.00. The van der Waals surface area contributed by atoms with Gasteiger partial charge in [0.05, 0.1) is 0 Å². The van der Waals surface area contributed by atoms with Crippen molar-refractivity contribution in [1.82, 2.24) is 0 Å². The summed E-state index contributed by atoms with van der Waals surface area (Å²) in [6, 6.07) is 0. The summed E-state index contributed by atoms with van der Waals surface area (Å²) < 4.78 is 0. The van der Waals surface area contributed by atoms with Gasteiger partial charge in [0.1, 0.15) is 0 Å². The van der Waals surface area contributed by atoms with Crippen LogP contribution in [0, 0.1) is 0 Å². The van der Waals surface area contributed by atoms with E-state index in [2.05, 4.69) is 0 Å². The summed E-state index contributed by atoms with van der Waals surface area (Å²) in [6.07, 6.45) is 0. The first kappa shape index (κ1) is 15.7. The van der Waals surface area contributed by atoms with Crippen LogP contribution in [0.4, 0.5) is 0 Å². The van der Waals surface area contributed by atoms with E-state index in [9.17, 15) is 0 Å². The van der Waals surface area contributed by atoms with Gasteiger partial charge in [-0.1, -0.05) is 13.8 Å². The Hall–Kier alpha value is 0.439. The minimum absolute atomic E-state index is 0. The van der Waals surface area contributed by atoms with Crippen LogP contribution in [0.5, 0.6) is 0 Å². The van der Waals surface area contributed by atoms with Crippen molar-refractivity contribution in [2.24, 2.45) is 0 Å². The topological polar surface area (TPSA) is 46.1 Å². The second kappa shape index (κ2) is 32.0. The fourth-order valence-corrected chi connectivity index (χ4v) is 0. The van der Waals surface area contributed by atoms with Gasteiger partial charge in [-0.15, -0.1) is 13.2 Å². The third-order valence-corrected chi connectivity index (χ3v) is 0. The molecule has 46 valence electrons. The molecule has 0 saturated carbocycles. The third-order valence-electron chi connectivity index (χ3n) is 0. The Balaban J connectivity index is -0.0000000400. The van der Waals surface area contributed by atoms with Gasteiger partial charge in [0, 0.05) is 0 Å². The third kappa shape index (κ3) is 657. The molecule has 0 aromatic rings. The van der Waals surface area contributed by atoms with E-state index in [0.717, 1.165) is 0 Å². The Morgan fingerprint density at radius 1 is 1.00 bits per heavy atom. The monoisotopic (exact) mass is 146 g/mol. The molecule has 0 aromatic carbocycles. The Labute approximate surface area is 55.0 Å². The molecule has 0 atom stereocenters. The van der Waals surface area contributed by atoms with Crippen molar-refractivity contribution in [2.45, 2.75) is 13.8 Å². The van der Waals surface area contributed by atoms with Crippen molar-refractivity contribution in [3.8, 4) is 0 Å². The largest absolute Gasteiger partial charge is 2.00 e. The van der Waals surface area contributed by atoms with Crippen LogP contribution >= 0.6 is 0 Å². The predicted octanol–water partition coefficient (Wildman–Crippen LogP) is -1.27. The molecule has 0 N–H and O–H groups in total. The van der Waals surface area contributed by atoms with Crippen molar-refractivity contribution in [3.63, 3.8) is 0 Å². The van der Waals surface area contributed by atoms with Crippen molar-refractivity contribution >= 4 is 0 Å². The normalized spacial score (nSPS) is 5.14. The van der Waals surface area contributed by atoms with E-state index < -0.39 is 0 Å². The molecule has 0 amide bonds. The second-order valence-electron chi connectivity index (χ2n) is 0.577. The standard InChI is InChI=1S/2C2H5O.Fe/c2*1-2-3;/h2*2H2,1H3;/q2*-1;+2. The summed E-state index contributed by atoms with van der Waals surface area (Å²) in [6.45, 7) is 3.14. The maximum atomic E-state index is 8.93. The molecule has 0 unspecified atom stereocenters. The zero-order chi connectivity index (χ0) is 5.41. The summed E-state index contributed by atoms with van der Waals surface area (Å²) in [5.74, 6) is 0. The molecule has 0 saturated heterocycles. The number of hydrogen-bond acceptors (Lipinski definition) is 2. The molecule has 0 heterocycles. The van der Waals surface area contributed by atoms with Crippen molar-refractivity contribution < 1.29 is 27.3 Å². The van der Waals surface area contributed by atoms with E-state index >= 15 is 0 Å². The molecule has 2 nitrogen and oxygen atoms in total. The predicted molar refractivity (Wildman–Crippen MR) is 21.1 cm³/mol. The molecule has 0 spiro atoms. The first-order chi connectivity index (χ1) is 2.83. The van der Waals surface area contributed by atoms with Gasteiger partial charge in [-0.2, -0.15) is 0 Å². The Morgan fingerprint density at radius 2 is 1.00 bits per heavy atom. The zero-order valence-electron chi connectivity index (χ0n) is 4.58. The molecule has 0 aliphatic heterocycles. The van der Waals surface area contributed by atoms with E-state index in [0.29, 0.717) is 0 Å². The molecular weight excluding hydrogens is 136 g/mol. The zero-order valence-corrected chi connectivity index (χ0v) is 5.69. The Morgan fingerprint density at radius 3 is 1.00 bits per heavy atom. The van der Waals surface area contributed by atoms with Crippen LogP contribution in [0.3, 0.4) is 0 Å². The molecule has 0 fully saturated rings. The van der Waals surface area contributed by atoms with E-state index in [-0.39, 0.29) is 30.3 Å². The van der Waals surface area contributed by atoms with E-state index in [1.807, 2.05) is 0 Å². The second-order valence-corrected chi connectivity index (χ2v) is 0.577. The van der Waals surface area contributed by atoms with Crippen LogP contribution in [0.25, 0.3) is 0 Å². The van der Waals surface area contributed by atoms with Gasteiger partial charge in [-0.05, 0) is 0 Å². The summed E-state index contributed by atoms with van der Waals surface area (Å²) in [5.41, 5.74) is 0. The molecule has 0 aliphatic rings. The SMILES string of the molecule is CC[O-].CC[O-].[Fe+2]. The van der Waals surface area contributed by atoms with Crippen LogP contribution in [0.1, 0.15) is 13.8 Å². The van der Waals surface area contributed by atoms with Gasteiger partial charge in [-0.3, -0.25) is 0 Å². The van der Waals surface area contributed by atoms with Gasteiger partial charge in [-0.25, -0.2) is 0 Å². The fourth-order valence-electron chi connectivity index (χ4n) is 0. The average Bonchev–Trinajstić information content (AvgIpc) is 1.39. The van der Waals surface area contributed by atoms with E-state index in [1.165, 1.54) is 0 Å². The number of rotatable bonds is 0. The van der Waals surface area contributed by atoms with E-state index in [4.69, 9.17) is 10.2 Å². The molecule has 0 radical (unpaired) electrons. The van der Waals surface area contributed by atoms with Crippen molar-refractivity contribution in [3.05, 3.63) is 0 Å². The van der Waals surface area contributed by atoms with Crippen LogP contribution in [-0.2, 0) is 17.1 Å². The van der Waals surface area contributed by atoms with Crippen LogP contribution in [-0.4, -0.2) is 13.2 Å². The van der Waals surface area contributed by atoms with Crippen molar-refractivity contribution in [1.29, 1.82) is 0 Å². The first-order valence-electron chi connectivity index (χ1n) is 1.99. The quantitative estimate of drug-likeness (QED) is 0.400. The van der Waals surface area contributed by atoms with Crippen LogP contribution in [0.2, 0.25) is 0 Å². The summed E-state index contributed by atoms with van der Waals surface area (Å²) >= 11 is 0. The van der Waals surface area contributed by atoms with Crippen molar-refractivity contribution in [2.75, 3.05) is 13.2 Å². The van der Waals surface area contributed by atoms with Crippen LogP contribution in [0.15, 0.2) is 0 Å².